The summed E-state index contributed by atoms with van der Waals surface area (Å²) in [6.45, 7) is 14.2. The molecule has 298 valence electrons. The summed E-state index contributed by atoms with van der Waals surface area (Å²) in [7, 11) is 0. The minimum Gasteiger partial charge on any atom is -1.00 e. The Morgan fingerprint density at radius 2 is 0.800 bits per heavy atom. The average Bonchev–Trinajstić information content (AvgIpc) is 3.80. The van der Waals surface area contributed by atoms with Crippen molar-refractivity contribution in [2.45, 2.75) is 62.4 Å². The van der Waals surface area contributed by atoms with Crippen molar-refractivity contribution in [2.24, 2.45) is 0 Å². The molecule has 0 saturated heterocycles. The van der Waals surface area contributed by atoms with Crippen LogP contribution in [0.2, 0.25) is 0 Å². The minimum atomic E-state index is -3.29. The SMILES string of the molecule is CC(C)(C)c1ccc2c(c1)[CH]([Zr+2]([C]1=C(c3ccccc3)C(c3ccccc3)=C(c3ccccc3)C1)=[C](c1ccccc1)c1ccccc1)c1cc(C(C)(C)C)ccc1-2.[Cl-].[Cl-]. The van der Waals surface area contributed by atoms with E-state index in [1.54, 1.807) is 6.49 Å². The molecule has 0 bridgehead atoms. The fraction of sp³-hybridized carbons (Fsp3) is 0.175. The standard InChI is InChI=1S/C23H17.C21H25.C13H10.2ClH.Zr/c1-4-10-18(11-5-1)21-16-17-22(19-12-6-2-7-13-19)23(21)20-14-8-3-9-15-20;1-20(2,3)16-7-9-18-14(12-16)11-15-13-17(21(4,5)6)8-10-19(15)18;1-3-7-12(8-4-1)11-13-9-5-2-6-10-13;;;/h1-15H,16H2;7-13H,1-6H3;1-10H;2*1H;/q;;;;;+2/p-2. The van der Waals surface area contributed by atoms with Crippen LogP contribution in [-0.4, -0.2) is 3.21 Å². The molecule has 2 aliphatic carbocycles. The van der Waals surface area contributed by atoms with E-state index in [4.69, 9.17) is 0 Å². The van der Waals surface area contributed by atoms with Gasteiger partial charge in [0.1, 0.15) is 0 Å². The molecular formula is C57H52Cl2Zr. The first-order chi connectivity index (χ1) is 28.1. The minimum absolute atomic E-state index is 0. The molecule has 0 atom stereocenters. The van der Waals surface area contributed by atoms with E-state index in [0.717, 1.165) is 6.42 Å². The van der Waals surface area contributed by atoms with Gasteiger partial charge in [0.05, 0.1) is 0 Å². The van der Waals surface area contributed by atoms with Gasteiger partial charge in [-0.15, -0.1) is 0 Å². The van der Waals surface area contributed by atoms with Crippen molar-refractivity contribution in [2.75, 3.05) is 0 Å². The molecule has 0 spiro atoms. The number of halogens is 2. The summed E-state index contributed by atoms with van der Waals surface area (Å²) in [5.41, 5.74) is 19.6. The Balaban J connectivity index is 0.00000272. The van der Waals surface area contributed by atoms with Crippen molar-refractivity contribution < 1.29 is 46.1 Å². The number of allylic oxidation sites excluding steroid dienone is 4. The van der Waals surface area contributed by atoms with Gasteiger partial charge in [-0.05, 0) is 0 Å². The van der Waals surface area contributed by atoms with Gasteiger partial charge in [-0.2, -0.15) is 0 Å². The van der Waals surface area contributed by atoms with Crippen molar-refractivity contribution in [3.05, 3.63) is 241 Å². The van der Waals surface area contributed by atoms with Crippen LogP contribution in [0.25, 0.3) is 27.8 Å². The van der Waals surface area contributed by atoms with Crippen molar-refractivity contribution in [3.63, 3.8) is 0 Å². The predicted molar refractivity (Wildman–Crippen MR) is 245 cm³/mol. The average molecular weight is 899 g/mol. The quantitative estimate of drug-likeness (QED) is 0.150. The van der Waals surface area contributed by atoms with Crippen molar-refractivity contribution >= 4 is 19.9 Å². The number of hydrogen-bond donors (Lipinski definition) is 0. The van der Waals surface area contributed by atoms with E-state index in [9.17, 15) is 0 Å². The van der Waals surface area contributed by atoms with Crippen LogP contribution in [0, 0.1) is 0 Å². The van der Waals surface area contributed by atoms with E-state index in [1.807, 2.05) is 0 Å². The van der Waals surface area contributed by atoms with Gasteiger partial charge < -0.3 is 24.8 Å². The Labute approximate surface area is 378 Å². The summed E-state index contributed by atoms with van der Waals surface area (Å²) in [5.74, 6) is 0. The molecule has 0 radical (unpaired) electrons. The maximum atomic E-state index is 2.62. The molecule has 0 aromatic heterocycles. The molecule has 0 fully saturated rings. The zero-order valence-electron chi connectivity index (χ0n) is 35.4. The zero-order valence-corrected chi connectivity index (χ0v) is 39.4. The number of benzene rings is 7. The number of hydrogen-bond acceptors (Lipinski definition) is 0. The molecule has 7 aromatic rings. The van der Waals surface area contributed by atoms with Crippen LogP contribution >= 0.6 is 0 Å². The first-order valence-corrected chi connectivity index (χ1v) is 24.7. The summed E-state index contributed by atoms with van der Waals surface area (Å²) in [5, 5.41) is 0. The predicted octanol–water partition coefficient (Wildman–Crippen LogP) is 8.67. The molecule has 9 rings (SSSR count). The van der Waals surface area contributed by atoms with Gasteiger partial charge in [-0.25, -0.2) is 0 Å². The molecule has 0 nitrogen and oxygen atoms in total. The van der Waals surface area contributed by atoms with E-state index in [0.29, 0.717) is 0 Å². The molecule has 0 heterocycles. The van der Waals surface area contributed by atoms with Crippen LogP contribution in [0.1, 0.15) is 102 Å². The zero-order chi connectivity index (χ0) is 40.0. The van der Waals surface area contributed by atoms with Crippen molar-refractivity contribution in [1.29, 1.82) is 0 Å². The molecule has 2 aliphatic rings. The molecule has 0 unspecified atom stereocenters. The summed E-state index contributed by atoms with van der Waals surface area (Å²) < 4.78 is 3.49. The second kappa shape index (κ2) is 17.8. The van der Waals surface area contributed by atoms with Gasteiger partial charge in [-0.1, -0.05) is 0 Å². The van der Waals surface area contributed by atoms with E-state index in [2.05, 4.69) is 230 Å². The van der Waals surface area contributed by atoms with Crippen LogP contribution in [0.4, 0.5) is 0 Å². The van der Waals surface area contributed by atoms with Gasteiger partial charge in [0.25, 0.3) is 0 Å². The second-order valence-corrected chi connectivity index (χ2v) is 24.2. The third kappa shape index (κ3) is 8.22. The fourth-order valence-corrected chi connectivity index (χ4v) is 18.9. The smallest absolute Gasteiger partial charge is 1.00 e. The second-order valence-electron chi connectivity index (χ2n) is 18.0. The molecule has 0 N–H and O–H groups in total. The Kier molecular flexibility index (Phi) is 12.9. The summed E-state index contributed by atoms with van der Waals surface area (Å²) in [4.78, 5) is 0. The van der Waals surface area contributed by atoms with E-state index < -0.39 is 21.3 Å². The molecule has 0 aliphatic heterocycles. The molecule has 0 amide bonds. The van der Waals surface area contributed by atoms with Crippen LogP contribution in [-0.2, 0) is 32.1 Å². The maximum Gasteiger partial charge on any atom is -1.00 e. The van der Waals surface area contributed by atoms with Crippen LogP contribution in [0.15, 0.2) is 191 Å². The Bertz CT molecular complexity index is 2610. The van der Waals surface area contributed by atoms with E-state index in [-0.39, 0.29) is 39.3 Å². The maximum absolute atomic E-state index is 3.29. The van der Waals surface area contributed by atoms with Crippen LogP contribution in [0.3, 0.4) is 0 Å². The molecular weight excluding hydrogens is 847 g/mol. The first-order valence-electron chi connectivity index (χ1n) is 20.9. The van der Waals surface area contributed by atoms with Gasteiger partial charge >= 0.3 is 356 Å². The van der Waals surface area contributed by atoms with E-state index in [1.165, 1.54) is 77.9 Å². The Hall–Kier alpha value is -4.65. The van der Waals surface area contributed by atoms with Crippen molar-refractivity contribution in [3.8, 4) is 11.1 Å². The number of fused-ring (bicyclic) bond motifs is 3. The molecule has 60 heavy (non-hydrogen) atoms. The third-order valence-electron chi connectivity index (χ3n) is 12.2. The topological polar surface area (TPSA) is 0 Å². The largest absolute Gasteiger partial charge is 1.00 e. The van der Waals surface area contributed by atoms with Crippen molar-refractivity contribution in [1.82, 2.24) is 0 Å². The van der Waals surface area contributed by atoms with Gasteiger partial charge in [-0.3, -0.25) is 0 Å². The molecule has 7 aromatic carbocycles. The van der Waals surface area contributed by atoms with Gasteiger partial charge in [0, 0.05) is 0 Å². The Morgan fingerprint density at radius 3 is 1.20 bits per heavy atom. The first kappa shape index (κ1) is 43.4. The summed E-state index contributed by atoms with van der Waals surface area (Å²) in [6, 6.07) is 71.7. The monoisotopic (exact) mass is 896 g/mol. The Morgan fingerprint density at radius 1 is 0.433 bits per heavy atom. The van der Waals surface area contributed by atoms with Crippen LogP contribution < -0.4 is 24.8 Å². The van der Waals surface area contributed by atoms with E-state index >= 15 is 0 Å². The van der Waals surface area contributed by atoms with Gasteiger partial charge in [0.2, 0.25) is 0 Å². The molecule has 0 saturated carbocycles. The molecule has 3 heteroatoms. The normalized spacial score (nSPS) is 13.5. The van der Waals surface area contributed by atoms with Gasteiger partial charge in [0.15, 0.2) is 0 Å². The van der Waals surface area contributed by atoms with Crippen LogP contribution in [0.5, 0.6) is 0 Å². The fourth-order valence-electron chi connectivity index (χ4n) is 9.28. The summed E-state index contributed by atoms with van der Waals surface area (Å²) >= 11 is -3.29. The third-order valence-corrected chi connectivity index (χ3v) is 20.5. The number of rotatable bonds is 7. The summed E-state index contributed by atoms with van der Waals surface area (Å²) in [6.07, 6.45) is 0.926.